The fraction of sp³-hybridized carbons (Fsp3) is 0.310. The number of rotatable bonds is 9. The molecule has 1 N–H and O–H groups in total. The number of aryl methyl sites for hydroxylation is 1. The van der Waals surface area contributed by atoms with Gasteiger partial charge < -0.3 is 19.5 Å². The SMILES string of the molecule is COc1cccc([C@](O)(CCN(C)C)[C@H](c2cncc(C)c2)c2cc3cc(Br)ccc3nc2OC)c1. The van der Waals surface area contributed by atoms with Gasteiger partial charge in [-0.25, -0.2) is 4.98 Å². The monoisotopic (exact) mass is 549 g/mol. The average molecular weight is 550 g/mol. The maximum atomic E-state index is 12.8. The number of halogens is 1. The van der Waals surface area contributed by atoms with E-state index in [-0.39, 0.29) is 0 Å². The number of hydrogen-bond acceptors (Lipinski definition) is 6. The molecule has 2 aromatic carbocycles. The number of benzene rings is 2. The molecule has 6 nitrogen and oxygen atoms in total. The lowest BCUT2D eigenvalue weighted by atomic mass is 9.72. The largest absolute Gasteiger partial charge is 0.497 e. The highest BCUT2D eigenvalue weighted by atomic mass is 79.9. The van der Waals surface area contributed by atoms with Crippen LogP contribution >= 0.6 is 15.9 Å². The standard InChI is InChI=1S/C29H32BrN3O3/c1-19-13-21(18-31-17-19)27(25-15-20-14-23(30)9-10-26(20)32-28(25)36-5)29(34,11-12-33(2)3)22-7-6-8-24(16-22)35-4/h6-10,13-18,27,34H,11-12H2,1-5H3/t27-,29-/m1/s1. The van der Waals surface area contributed by atoms with E-state index in [4.69, 9.17) is 14.5 Å². The Morgan fingerprint density at radius 3 is 2.53 bits per heavy atom. The number of ether oxygens (including phenoxy) is 2. The summed E-state index contributed by atoms with van der Waals surface area (Å²) in [6.45, 7) is 2.67. The van der Waals surface area contributed by atoms with Crippen molar-refractivity contribution in [2.75, 3.05) is 34.9 Å². The first-order valence-corrected chi connectivity index (χ1v) is 12.6. The molecule has 0 aliphatic carbocycles. The van der Waals surface area contributed by atoms with Crippen LogP contribution in [0.4, 0.5) is 0 Å². The van der Waals surface area contributed by atoms with Crippen LogP contribution in [0.15, 0.2) is 71.5 Å². The van der Waals surface area contributed by atoms with E-state index in [1.54, 1.807) is 14.2 Å². The second-order valence-corrected chi connectivity index (χ2v) is 10.3. The molecule has 0 saturated carbocycles. The lowest BCUT2D eigenvalue weighted by Crippen LogP contribution is -2.38. The van der Waals surface area contributed by atoms with Crippen LogP contribution < -0.4 is 9.47 Å². The normalized spacial score (nSPS) is 14.0. The second kappa shape index (κ2) is 10.9. The van der Waals surface area contributed by atoms with Crippen molar-refractivity contribution in [1.29, 1.82) is 0 Å². The summed E-state index contributed by atoms with van der Waals surface area (Å²) in [6.07, 6.45) is 4.10. The first-order valence-electron chi connectivity index (χ1n) is 11.8. The van der Waals surface area contributed by atoms with E-state index in [0.717, 1.165) is 37.6 Å². The summed E-state index contributed by atoms with van der Waals surface area (Å²) in [5.74, 6) is 0.648. The Bertz CT molecular complexity index is 1360. The second-order valence-electron chi connectivity index (χ2n) is 9.36. The molecule has 0 fully saturated rings. The van der Waals surface area contributed by atoms with Crippen molar-refractivity contribution >= 4 is 26.8 Å². The van der Waals surface area contributed by atoms with E-state index < -0.39 is 11.5 Å². The number of aromatic nitrogens is 2. The van der Waals surface area contributed by atoms with Crippen molar-refractivity contribution in [3.05, 3.63) is 93.7 Å². The molecule has 4 aromatic rings. The number of fused-ring (bicyclic) bond motifs is 1. The zero-order valence-electron chi connectivity index (χ0n) is 21.3. The van der Waals surface area contributed by atoms with E-state index in [0.29, 0.717) is 24.6 Å². The van der Waals surface area contributed by atoms with Crippen molar-refractivity contribution < 1.29 is 14.6 Å². The van der Waals surface area contributed by atoms with E-state index in [9.17, 15) is 5.11 Å². The molecule has 0 radical (unpaired) electrons. The minimum absolute atomic E-state index is 0.464. The van der Waals surface area contributed by atoms with Gasteiger partial charge in [-0.1, -0.05) is 34.1 Å². The number of pyridine rings is 2. The van der Waals surface area contributed by atoms with Crippen molar-refractivity contribution in [2.45, 2.75) is 24.9 Å². The molecule has 0 unspecified atom stereocenters. The van der Waals surface area contributed by atoms with Gasteiger partial charge in [0.1, 0.15) is 11.4 Å². The maximum absolute atomic E-state index is 12.8. The van der Waals surface area contributed by atoms with E-state index in [1.165, 1.54) is 0 Å². The molecule has 0 bridgehead atoms. The van der Waals surface area contributed by atoms with Gasteiger partial charge in [-0.05, 0) is 80.5 Å². The average Bonchev–Trinajstić information content (AvgIpc) is 2.87. The van der Waals surface area contributed by atoms with E-state index >= 15 is 0 Å². The van der Waals surface area contributed by atoms with Crippen LogP contribution in [0.25, 0.3) is 10.9 Å². The summed E-state index contributed by atoms with van der Waals surface area (Å²) in [5, 5.41) is 13.7. The fourth-order valence-corrected chi connectivity index (χ4v) is 5.09. The molecule has 2 aromatic heterocycles. The summed E-state index contributed by atoms with van der Waals surface area (Å²) in [4.78, 5) is 11.4. The van der Waals surface area contributed by atoms with Crippen molar-refractivity contribution in [3.8, 4) is 11.6 Å². The molecule has 2 heterocycles. The van der Waals surface area contributed by atoms with Crippen LogP contribution in [0.2, 0.25) is 0 Å². The third-order valence-electron chi connectivity index (χ3n) is 6.49. The molecule has 0 aliphatic rings. The number of methoxy groups -OCH3 is 2. The summed E-state index contributed by atoms with van der Waals surface area (Å²) in [7, 11) is 7.26. The Balaban J connectivity index is 2.04. The topological polar surface area (TPSA) is 67.7 Å². The zero-order valence-corrected chi connectivity index (χ0v) is 22.9. The Hall–Kier alpha value is -3.00. The minimum atomic E-state index is -1.32. The molecule has 2 atom stereocenters. The summed E-state index contributed by atoms with van der Waals surface area (Å²) in [6, 6.07) is 17.7. The lowest BCUT2D eigenvalue weighted by molar-refractivity contribution is 0.00354. The van der Waals surface area contributed by atoms with Gasteiger partial charge in [-0.2, -0.15) is 0 Å². The minimum Gasteiger partial charge on any atom is -0.497 e. The highest BCUT2D eigenvalue weighted by Gasteiger charge is 2.42. The molecule has 188 valence electrons. The van der Waals surface area contributed by atoms with E-state index in [1.807, 2.05) is 75.9 Å². The van der Waals surface area contributed by atoms with Gasteiger partial charge in [0.15, 0.2) is 0 Å². The van der Waals surface area contributed by atoms with E-state index in [2.05, 4.69) is 37.9 Å². The molecule has 4 rings (SSSR count). The zero-order chi connectivity index (χ0) is 25.9. The van der Waals surface area contributed by atoms with Crippen molar-refractivity contribution in [3.63, 3.8) is 0 Å². The summed E-state index contributed by atoms with van der Waals surface area (Å²) >= 11 is 3.58. The molecular formula is C29H32BrN3O3. The number of hydrogen-bond donors (Lipinski definition) is 1. The summed E-state index contributed by atoms with van der Waals surface area (Å²) in [5.41, 5.74) is 2.94. The predicted molar refractivity (Wildman–Crippen MR) is 147 cm³/mol. The van der Waals surface area contributed by atoms with Gasteiger partial charge in [0.05, 0.1) is 19.7 Å². The molecule has 0 amide bonds. The van der Waals surface area contributed by atoms with Crippen LogP contribution in [-0.4, -0.2) is 54.8 Å². The molecule has 0 spiro atoms. The van der Waals surface area contributed by atoms with Gasteiger partial charge in [0.2, 0.25) is 5.88 Å². The Morgan fingerprint density at radius 1 is 1.03 bits per heavy atom. The van der Waals surface area contributed by atoms with Gasteiger partial charge in [0.25, 0.3) is 0 Å². The quantitative estimate of drug-likeness (QED) is 0.289. The predicted octanol–water partition coefficient (Wildman–Crippen LogP) is 5.69. The highest BCUT2D eigenvalue weighted by Crippen LogP contribution is 2.48. The molecule has 0 saturated heterocycles. The van der Waals surface area contributed by atoms with Gasteiger partial charge in [-0.15, -0.1) is 0 Å². The Labute approximate surface area is 221 Å². The summed E-state index contributed by atoms with van der Waals surface area (Å²) < 4.78 is 12.3. The first kappa shape index (κ1) is 26.1. The third-order valence-corrected chi connectivity index (χ3v) is 6.98. The lowest BCUT2D eigenvalue weighted by Gasteiger charge is -2.39. The van der Waals surface area contributed by atoms with Crippen LogP contribution in [0.1, 0.15) is 34.6 Å². The molecular weight excluding hydrogens is 518 g/mol. The molecule has 7 heteroatoms. The number of nitrogens with zero attached hydrogens (tertiary/aromatic N) is 3. The van der Waals surface area contributed by atoms with Gasteiger partial charge >= 0.3 is 0 Å². The first-order chi connectivity index (χ1) is 17.2. The number of aliphatic hydroxyl groups is 1. The van der Waals surface area contributed by atoms with Crippen LogP contribution in [0.3, 0.4) is 0 Å². The fourth-order valence-electron chi connectivity index (χ4n) is 4.71. The van der Waals surface area contributed by atoms with Crippen LogP contribution in [0.5, 0.6) is 11.6 Å². The smallest absolute Gasteiger partial charge is 0.217 e. The van der Waals surface area contributed by atoms with Crippen molar-refractivity contribution in [1.82, 2.24) is 14.9 Å². The van der Waals surface area contributed by atoms with Crippen LogP contribution in [0, 0.1) is 6.92 Å². The molecule has 0 aliphatic heterocycles. The Morgan fingerprint density at radius 2 is 1.83 bits per heavy atom. The Kier molecular flexibility index (Phi) is 7.93. The van der Waals surface area contributed by atoms with Crippen molar-refractivity contribution in [2.24, 2.45) is 0 Å². The molecule has 36 heavy (non-hydrogen) atoms. The third kappa shape index (κ3) is 5.38. The van der Waals surface area contributed by atoms with Gasteiger partial charge in [-0.3, -0.25) is 4.98 Å². The van der Waals surface area contributed by atoms with Crippen LogP contribution in [-0.2, 0) is 5.60 Å². The van der Waals surface area contributed by atoms with Gasteiger partial charge in [0, 0.05) is 40.3 Å². The maximum Gasteiger partial charge on any atom is 0.217 e. The highest BCUT2D eigenvalue weighted by molar-refractivity contribution is 9.10.